The number of benzene rings is 1. The van der Waals surface area contributed by atoms with Crippen molar-refractivity contribution in [3.8, 4) is 0 Å². The summed E-state index contributed by atoms with van der Waals surface area (Å²) < 4.78 is 5.15. The lowest BCUT2D eigenvalue weighted by Crippen LogP contribution is -2.54. The predicted octanol–water partition coefficient (Wildman–Crippen LogP) is 0.246. The van der Waals surface area contributed by atoms with E-state index in [2.05, 4.69) is 10.5 Å². The van der Waals surface area contributed by atoms with Gasteiger partial charge in [-0.2, -0.15) is 0 Å². The van der Waals surface area contributed by atoms with Gasteiger partial charge in [0.25, 0.3) is 5.91 Å². The van der Waals surface area contributed by atoms with Crippen LogP contribution < -0.4 is 10.2 Å². The second kappa shape index (κ2) is 3.66. The second-order valence-electron chi connectivity index (χ2n) is 4.84. The summed E-state index contributed by atoms with van der Waals surface area (Å²) in [7, 11) is 0. The summed E-state index contributed by atoms with van der Waals surface area (Å²) in [5.74, 6) is -0.464. The van der Waals surface area contributed by atoms with Gasteiger partial charge in [0.05, 0.1) is 17.5 Å². The van der Waals surface area contributed by atoms with E-state index in [9.17, 15) is 14.4 Å². The summed E-state index contributed by atoms with van der Waals surface area (Å²) in [6.07, 6.45) is -0.0000841. The Morgan fingerprint density at radius 2 is 2.15 bits per heavy atom. The zero-order valence-corrected chi connectivity index (χ0v) is 10.3. The zero-order valence-electron chi connectivity index (χ0n) is 10.3. The SMILES string of the molecule is O=C1CNC(=O)C(N2C(=O)c3cccc4onc2c34)C1. The molecule has 2 aliphatic heterocycles. The second-order valence-corrected chi connectivity index (χ2v) is 4.84. The largest absolute Gasteiger partial charge is 0.354 e. The van der Waals surface area contributed by atoms with Gasteiger partial charge in [-0.25, -0.2) is 0 Å². The Morgan fingerprint density at radius 3 is 3.00 bits per heavy atom. The summed E-state index contributed by atoms with van der Waals surface area (Å²) in [6, 6.07) is 4.20. The van der Waals surface area contributed by atoms with Crippen LogP contribution in [-0.2, 0) is 9.59 Å². The van der Waals surface area contributed by atoms with Crippen molar-refractivity contribution < 1.29 is 18.9 Å². The maximum atomic E-state index is 12.4. The lowest BCUT2D eigenvalue weighted by molar-refractivity contribution is -0.131. The van der Waals surface area contributed by atoms with E-state index in [0.29, 0.717) is 22.4 Å². The zero-order chi connectivity index (χ0) is 13.9. The molecule has 0 aliphatic carbocycles. The fourth-order valence-electron chi connectivity index (χ4n) is 2.73. The first-order valence-electron chi connectivity index (χ1n) is 6.18. The molecule has 0 bridgehead atoms. The van der Waals surface area contributed by atoms with Crippen LogP contribution in [0.25, 0.3) is 11.0 Å². The molecule has 4 rings (SSSR count). The van der Waals surface area contributed by atoms with Gasteiger partial charge in [0, 0.05) is 6.42 Å². The van der Waals surface area contributed by atoms with Crippen LogP contribution in [0.1, 0.15) is 16.8 Å². The molecular formula is C13H9N3O4. The van der Waals surface area contributed by atoms with Crippen LogP contribution in [0, 0.1) is 0 Å². The van der Waals surface area contributed by atoms with Crippen LogP contribution in [0.15, 0.2) is 22.7 Å². The van der Waals surface area contributed by atoms with Gasteiger partial charge in [-0.05, 0) is 12.1 Å². The van der Waals surface area contributed by atoms with Crippen LogP contribution >= 0.6 is 0 Å². The van der Waals surface area contributed by atoms with Gasteiger partial charge < -0.3 is 9.84 Å². The van der Waals surface area contributed by atoms with Gasteiger partial charge in [-0.3, -0.25) is 19.3 Å². The van der Waals surface area contributed by atoms with Gasteiger partial charge >= 0.3 is 0 Å². The molecule has 2 amide bonds. The third-order valence-electron chi connectivity index (χ3n) is 3.65. The van der Waals surface area contributed by atoms with E-state index in [4.69, 9.17) is 4.52 Å². The molecule has 1 saturated heterocycles. The Hall–Kier alpha value is -2.70. The molecular weight excluding hydrogens is 262 g/mol. The van der Waals surface area contributed by atoms with Crippen molar-refractivity contribution in [2.24, 2.45) is 0 Å². The van der Waals surface area contributed by atoms with Crippen LogP contribution in [0.5, 0.6) is 0 Å². The number of hydrogen-bond acceptors (Lipinski definition) is 5. The summed E-state index contributed by atoms with van der Waals surface area (Å²) in [4.78, 5) is 37.2. The fraction of sp³-hybridized carbons (Fsp3) is 0.231. The van der Waals surface area contributed by atoms with Crippen molar-refractivity contribution in [2.45, 2.75) is 12.5 Å². The number of anilines is 1. The average Bonchev–Trinajstić information content (AvgIpc) is 2.98. The monoisotopic (exact) mass is 271 g/mol. The minimum Gasteiger partial charge on any atom is -0.354 e. The number of carbonyl (C=O) groups excluding carboxylic acids is 3. The van der Waals surface area contributed by atoms with Crippen LogP contribution in [0.3, 0.4) is 0 Å². The number of rotatable bonds is 1. The summed E-state index contributed by atoms with van der Waals surface area (Å²) >= 11 is 0. The van der Waals surface area contributed by atoms with E-state index in [1.54, 1.807) is 18.2 Å². The van der Waals surface area contributed by atoms with Gasteiger partial charge in [-0.15, -0.1) is 0 Å². The molecule has 0 radical (unpaired) electrons. The molecule has 1 N–H and O–H groups in total. The Kier molecular flexibility index (Phi) is 2.04. The molecule has 3 heterocycles. The lowest BCUT2D eigenvalue weighted by Gasteiger charge is -2.28. The molecule has 1 aromatic heterocycles. The van der Waals surface area contributed by atoms with Gasteiger partial charge in [0.2, 0.25) is 5.91 Å². The molecule has 0 saturated carbocycles. The van der Waals surface area contributed by atoms with Crippen LogP contribution in [0.2, 0.25) is 0 Å². The number of aromatic nitrogens is 1. The average molecular weight is 271 g/mol. The van der Waals surface area contributed by atoms with Crippen LogP contribution in [-0.4, -0.2) is 35.3 Å². The Labute approximate surface area is 112 Å². The minimum absolute atomic E-state index is 0.0000841. The number of Topliss-reactive ketones (excluding diaryl/α,β-unsaturated/α-hetero) is 1. The Balaban J connectivity index is 1.86. The van der Waals surface area contributed by atoms with Crippen molar-refractivity contribution in [1.29, 1.82) is 0 Å². The lowest BCUT2D eigenvalue weighted by atomic mass is 10.0. The molecule has 7 nitrogen and oxygen atoms in total. The van der Waals surface area contributed by atoms with Crippen molar-refractivity contribution in [2.75, 3.05) is 11.4 Å². The number of hydrogen-bond donors (Lipinski definition) is 1. The van der Waals surface area contributed by atoms with E-state index in [1.165, 1.54) is 4.90 Å². The number of amides is 2. The van der Waals surface area contributed by atoms with Gasteiger partial charge in [-0.1, -0.05) is 11.2 Å². The highest BCUT2D eigenvalue weighted by Gasteiger charge is 2.43. The van der Waals surface area contributed by atoms with E-state index in [-0.39, 0.29) is 30.6 Å². The smallest absolute Gasteiger partial charge is 0.261 e. The van der Waals surface area contributed by atoms with E-state index in [1.807, 2.05) is 0 Å². The van der Waals surface area contributed by atoms with Gasteiger partial charge in [0.1, 0.15) is 6.04 Å². The maximum Gasteiger partial charge on any atom is 0.261 e. The molecule has 1 aromatic carbocycles. The molecule has 2 aromatic rings. The topological polar surface area (TPSA) is 92.5 Å². The Morgan fingerprint density at radius 1 is 1.30 bits per heavy atom. The molecule has 7 heteroatoms. The van der Waals surface area contributed by atoms with Crippen molar-refractivity contribution in [3.05, 3.63) is 23.8 Å². The number of ketones is 1. The molecule has 0 spiro atoms. The maximum absolute atomic E-state index is 12.4. The minimum atomic E-state index is -0.857. The van der Waals surface area contributed by atoms with Crippen molar-refractivity contribution in [1.82, 2.24) is 10.5 Å². The summed E-state index contributed by atoms with van der Waals surface area (Å²) in [5, 5.41) is 6.96. The molecule has 1 atom stereocenters. The van der Waals surface area contributed by atoms with Crippen LogP contribution in [0.4, 0.5) is 5.82 Å². The van der Waals surface area contributed by atoms with E-state index >= 15 is 0 Å². The highest BCUT2D eigenvalue weighted by atomic mass is 16.5. The van der Waals surface area contributed by atoms with Crippen molar-refractivity contribution >= 4 is 34.4 Å². The van der Waals surface area contributed by atoms with E-state index < -0.39 is 6.04 Å². The Bertz CT molecular complexity index is 779. The number of piperidine rings is 1. The summed E-state index contributed by atoms with van der Waals surface area (Å²) in [5.41, 5.74) is 0.945. The number of carbonyl (C=O) groups is 3. The third-order valence-corrected chi connectivity index (χ3v) is 3.65. The molecule has 20 heavy (non-hydrogen) atoms. The third kappa shape index (κ3) is 1.29. The van der Waals surface area contributed by atoms with Crippen molar-refractivity contribution in [3.63, 3.8) is 0 Å². The number of nitrogens with zero attached hydrogens (tertiary/aromatic N) is 2. The quantitative estimate of drug-likeness (QED) is 0.802. The first-order valence-corrected chi connectivity index (χ1v) is 6.18. The molecule has 100 valence electrons. The standard InChI is InChI=1S/C13H9N3O4/c17-6-4-8(12(18)14-5-6)16-11-10-7(13(16)19)2-1-3-9(10)20-15-11/h1-3,8H,4-5H2,(H,14,18). The molecule has 1 fully saturated rings. The first-order chi connectivity index (χ1) is 9.66. The van der Waals surface area contributed by atoms with Gasteiger partial charge in [0.15, 0.2) is 17.2 Å². The molecule has 2 aliphatic rings. The normalized spacial score (nSPS) is 21.7. The highest BCUT2D eigenvalue weighted by molar-refractivity contribution is 6.25. The summed E-state index contributed by atoms with van der Waals surface area (Å²) in [6.45, 7) is 0.0124. The first kappa shape index (κ1) is 11.2. The van der Waals surface area contributed by atoms with E-state index in [0.717, 1.165) is 0 Å². The number of nitrogens with one attached hydrogen (secondary N) is 1. The molecule has 1 unspecified atom stereocenters. The predicted molar refractivity (Wildman–Crippen MR) is 67.2 cm³/mol. The fourth-order valence-corrected chi connectivity index (χ4v) is 2.73. The highest BCUT2D eigenvalue weighted by Crippen LogP contribution is 2.38.